The van der Waals surface area contributed by atoms with Gasteiger partial charge in [0.25, 0.3) is 0 Å². The van der Waals surface area contributed by atoms with Crippen LogP contribution < -0.4 is 4.90 Å². The summed E-state index contributed by atoms with van der Waals surface area (Å²) >= 11 is 0. The van der Waals surface area contributed by atoms with Crippen LogP contribution in [0.25, 0.3) is 22.3 Å². The molecule has 0 N–H and O–H groups in total. The lowest BCUT2D eigenvalue weighted by Crippen LogP contribution is -2.10. The Bertz CT molecular complexity index is 1990. The van der Waals surface area contributed by atoms with Crippen molar-refractivity contribution in [3.63, 3.8) is 0 Å². The standard InChI is InChI=1S/C36H17N7/c37-18-24-13-25(19-38)15-36(14-24)43(34-9-5-26(6-10-34)28-1-3-30(20-39)32(16-28)22-41)35-11-7-27(8-12-35)29-2-4-31(21-40)33(17-29)23-42/h1-17H. The molecule has 0 atom stereocenters. The summed E-state index contributed by atoms with van der Waals surface area (Å²) in [6.45, 7) is 0. The second kappa shape index (κ2) is 11.9. The monoisotopic (exact) mass is 547 g/mol. The van der Waals surface area contributed by atoms with Crippen LogP contribution >= 0.6 is 0 Å². The molecule has 0 amide bonds. The summed E-state index contributed by atoms with van der Waals surface area (Å²) in [5.41, 5.74) is 7.31. The summed E-state index contributed by atoms with van der Waals surface area (Å²) < 4.78 is 0. The lowest BCUT2D eigenvalue weighted by atomic mass is 9.99. The van der Waals surface area contributed by atoms with Crippen LogP contribution in [0.3, 0.4) is 0 Å². The van der Waals surface area contributed by atoms with Gasteiger partial charge in [-0.05, 0) is 89.0 Å². The Hall–Kier alpha value is -7.16. The van der Waals surface area contributed by atoms with E-state index in [1.807, 2.05) is 65.6 Å². The van der Waals surface area contributed by atoms with Gasteiger partial charge < -0.3 is 4.90 Å². The Balaban J connectivity index is 1.59. The average molecular weight is 548 g/mol. The molecule has 5 aromatic carbocycles. The largest absolute Gasteiger partial charge is 0.310 e. The molecule has 7 nitrogen and oxygen atoms in total. The molecule has 0 fully saturated rings. The number of hydrogen-bond donors (Lipinski definition) is 0. The minimum absolute atomic E-state index is 0.298. The lowest BCUT2D eigenvalue weighted by Gasteiger charge is -2.26. The second-order valence-corrected chi connectivity index (χ2v) is 9.39. The molecule has 0 spiro atoms. The van der Waals surface area contributed by atoms with E-state index in [2.05, 4.69) is 24.3 Å². The van der Waals surface area contributed by atoms with E-state index in [0.29, 0.717) is 39.1 Å². The van der Waals surface area contributed by atoms with E-state index in [0.717, 1.165) is 33.6 Å². The van der Waals surface area contributed by atoms with E-state index in [4.69, 9.17) is 0 Å². The molecular weight excluding hydrogens is 530 g/mol. The van der Waals surface area contributed by atoms with Crippen molar-refractivity contribution in [2.24, 2.45) is 0 Å². The topological polar surface area (TPSA) is 146 Å². The van der Waals surface area contributed by atoms with Gasteiger partial charge in [-0.25, -0.2) is 0 Å². The van der Waals surface area contributed by atoms with E-state index in [9.17, 15) is 31.6 Å². The van der Waals surface area contributed by atoms with Gasteiger partial charge >= 0.3 is 0 Å². The number of hydrogen-bond acceptors (Lipinski definition) is 7. The first-order valence-corrected chi connectivity index (χ1v) is 12.9. The highest BCUT2D eigenvalue weighted by Crippen LogP contribution is 2.38. The first-order chi connectivity index (χ1) is 21.0. The van der Waals surface area contributed by atoms with Gasteiger partial charge in [0.15, 0.2) is 0 Å². The maximum Gasteiger partial charge on any atom is 0.101 e. The zero-order chi connectivity index (χ0) is 30.3. The van der Waals surface area contributed by atoms with Crippen LogP contribution in [-0.2, 0) is 0 Å². The zero-order valence-electron chi connectivity index (χ0n) is 22.4. The molecule has 0 aliphatic heterocycles. The molecule has 0 saturated heterocycles. The molecule has 0 heterocycles. The Labute approximate surface area is 248 Å². The summed E-state index contributed by atoms with van der Waals surface area (Å²) in [5, 5.41) is 56.6. The first-order valence-electron chi connectivity index (χ1n) is 12.9. The Kier molecular flexibility index (Phi) is 7.60. The average Bonchev–Trinajstić information content (AvgIpc) is 3.08. The minimum Gasteiger partial charge on any atom is -0.310 e. The third kappa shape index (κ3) is 5.48. The minimum atomic E-state index is 0.298. The normalized spacial score (nSPS) is 9.72. The van der Waals surface area contributed by atoms with Crippen molar-refractivity contribution >= 4 is 17.1 Å². The molecule has 7 heteroatoms. The summed E-state index contributed by atoms with van der Waals surface area (Å²) in [5.74, 6) is 0. The van der Waals surface area contributed by atoms with Crippen molar-refractivity contribution in [3.8, 4) is 58.7 Å². The van der Waals surface area contributed by atoms with E-state index in [1.165, 1.54) is 6.07 Å². The van der Waals surface area contributed by atoms with Crippen molar-refractivity contribution in [3.05, 3.63) is 137 Å². The fourth-order valence-corrected chi connectivity index (χ4v) is 4.75. The van der Waals surface area contributed by atoms with Crippen LogP contribution in [0, 0.1) is 68.0 Å². The first kappa shape index (κ1) is 27.4. The van der Waals surface area contributed by atoms with Gasteiger partial charge in [-0.3, -0.25) is 0 Å². The second-order valence-electron chi connectivity index (χ2n) is 9.39. The number of anilines is 3. The van der Waals surface area contributed by atoms with Crippen LogP contribution in [0.15, 0.2) is 103 Å². The highest BCUT2D eigenvalue weighted by Gasteiger charge is 2.16. The highest BCUT2D eigenvalue weighted by atomic mass is 15.1. The van der Waals surface area contributed by atoms with Gasteiger partial charge in [-0.1, -0.05) is 36.4 Å². The van der Waals surface area contributed by atoms with Crippen molar-refractivity contribution < 1.29 is 0 Å². The summed E-state index contributed by atoms with van der Waals surface area (Å²) in [6.07, 6.45) is 0. The maximum absolute atomic E-state index is 9.63. The molecule has 5 aromatic rings. The summed E-state index contributed by atoms with van der Waals surface area (Å²) in [7, 11) is 0. The molecule has 0 bridgehead atoms. The Morgan fingerprint density at radius 1 is 0.326 bits per heavy atom. The third-order valence-electron chi connectivity index (χ3n) is 6.87. The SMILES string of the molecule is N#Cc1cc(C#N)cc(N(c2ccc(-c3ccc(C#N)c(C#N)c3)cc2)c2ccc(-c3ccc(C#N)c(C#N)c3)cc2)c1. The molecule has 0 radical (unpaired) electrons. The van der Waals surface area contributed by atoms with Gasteiger partial charge in [0.05, 0.1) is 45.5 Å². The van der Waals surface area contributed by atoms with Gasteiger partial charge in [-0.2, -0.15) is 31.6 Å². The molecule has 0 saturated carbocycles. The Morgan fingerprint density at radius 2 is 0.698 bits per heavy atom. The molecule has 5 rings (SSSR count). The van der Waals surface area contributed by atoms with Crippen molar-refractivity contribution in [1.82, 2.24) is 0 Å². The van der Waals surface area contributed by atoms with Gasteiger partial charge in [0, 0.05) is 17.1 Å². The molecule has 0 unspecified atom stereocenters. The van der Waals surface area contributed by atoms with Crippen LogP contribution in [0.4, 0.5) is 17.1 Å². The smallest absolute Gasteiger partial charge is 0.101 e. The number of nitrogens with zero attached hydrogens (tertiary/aromatic N) is 7. The molecule has 43 heavy (non-hydrogen) atoms. The predicted octanol–water partition coefficient (Wildman–Crippen LogP) is 7.72. The van der Waals surface area contributed by atoms with Gasteiger partial charge in [0.2, 0.25) is 0 Å². The van der Waals surface area contributed by atoms with E-state index in [1.54, 1.807) is 48.5 Å². The summed E-state index contributed by atoms with van der Waals surface area (Å²) in [6, 6.07) is 42.8. The molecule has 196 valence electrons. The molecule has 0 aliphatic rings. The lowest BCUT2D eigenvalue weighted by molar-refractivity contribution is 1.27. The third-order valence-corrected chi connectivity index (χ3v) is 6.87. The fourth-order valence-electron chi connectivity index (χ4n) is 4.75. The van der Waals surface area contributed by atoms with Crippen molar-refractivity contribution in [1.29, 1.82) is 31.6 Å². The van der Waals surface area contributed by atoms with Crippen LogP contribution in [-0.4, -0.2) is 0 Å². The number of benzene rings is 5. The van der Waals surface area contributed by atoms with Gasteiger partial charge in [0.1, 0.15) is 24.3 Å². The van der Waals surface area contributed by atoms with E-state index in [-0.39, 0.29) is 0 Å². The quantitative estimate of drug-likeness (QED) is 0.219. The van der Waals surface area contributed by atoms with E-state index < -0.39 is 0 Å². The van der Waals surface area contributed by atoms with Crippen LogP contribution in [0.5, 0.6) is 0 Å². The predicted molar refractivity (Wildman–Crippen MR) is 160 cm³/mol. The maximum atomic E-state index is 9.63. The van der Waals surface area contributed by atoms with Crippen LogP contribution in [0.2, 0.25) is 0 Å². The Morgan fingerprint density at radius 3 is 1.05 bits per heavy atom. The zero-order valence-corrected chi connectivity index (χ0v) is 22.4. The highest BCUT2D eigenvalue weighted by molar-refractivity contribution is 5.81. The van der Waals surface area contributed by atoms with Gasteiger partial charge in [-0.15, -0.1) is 0 Å². The number of nitriles is 6. The van der Waals surface area contributed by atoms with Crippen molar-refractivity contribution in [2.45, 2.75) is 0 Å². The number of rotatable bonds is 5. The summed E-state index contributed by atoms with van der Waals surface area (Å²) in [4.78, 5) is 1.92. The molecule has 0 aliphatic carbocycles. The fraction of sp³-hybridized carbons (Fsp3) is 0. The molecular formula is C36H17N7. The molecule has 0 aromatic heterocycles. The van der Waals surface area contributed by atoms with Crippen molar-refractivity contribution in [2.75, 3.05) is 4.90 Å². The van der Waals surface area contributed by atoms with E-state index >= 15 is 0 Å². The van der Waals surface area contributed by atoms with Crippen LogP contribution in [0.1, 0.15) is 33.4 Å².